The number of hydrogen-bond donors (Lipinski definition) is 1. The molecule has 1 rings (SSSR count). The zero-order valence-electron chi connectivity index (χ0n) is 16.8. The summed E-state index contributed by atoms with van der Waals surface area (Å²) in [5.74, 6) is 0.911. The van der Waals surface area contributed by atoms with Crippen molar-refractivity contribution in [3.63, 3.8) is 0 Å². The molecule has 0 aliphatic carbocycles. The van der Waals surface area contributed by atoms with Crippen molar-refractivity contribution >= 4 is 17.7 Å². The zero-order chi connectivity index (χ0) is 19.5. The van der Waals surface area contributed by atoms with E-state index in [2.05, 4.69) is 49.4 Å². The number of aryl methyl sites for hydroxylation is 1. The average molecular weight is 356 g/mol. The maximum Gasteiger partial charge on any atom is 0.128 e. The van der Waals surface area contributed by atoms with E-state index in [4.69, 9.17) is 4.98 Å². The number of rotatable bonds is 12. The molecule has 0 aromatic carbocycles. The summed E-state index contributed by atoms with van der Waals surface area (Å²) in [6.07, 6.45) is 6.51. The first-order valence-electron chi connectivity index (χ1n) is 9.41. The normalized spacial score (nSPS) is 11.2. The van der Waals surface area contributed by atoms with E-state index in [9.17, 15) is 4.79 Å². The van der Waals surface area contributed by atoms with Gasteiger partial charge in [0.05, 0.1) is 0 Å². The Hall–Kier alpha value is -2.36. The molecule has 0 aliphatic rings. The van der Waals surface area contributed by atoms with Crippen LogP contribution in [-0.2, 0) is 4.79 Å². The maximum atomic E-state index is 10.5. The van der Waals surface area contributed by atoms with Crippen molar-refractivity contribution < 1.29 is 4.79 Å². The van der Waals surface area contributed by atoms with Gasteiger partial charge in [0.1, 0.15) is 12.1 Å². The first kappa shape index (κ1) is 21.7. The third-order valence-electron chi connectivity index (χ3n) is 4.25. The number of allylic oxidation sites excluding steroid dienone is 2. The summed E-state index contributed by atoms with van der Waals surface area (Å²) < 4.78 is 0. The van der Waals surface area contributed by atoms with E-state index in [1.54, 1.807) is 0 Å². The topological polar surface area (TPSA) is 45.2 Å². The van der Waals surface area contributed by atoms with E-state index in [0.717, 1.165) is 72.6 Å². The third-order valence-corrected chi connectivity index (χ3v) is 4.25. The van der Waals surface area contributed by atoms with E-state index in [0.29, 0.717) is 6.42 Å². The van der Waals surface area contributed by atoms with E-state index in [1.165, 1.54) is 0 Å². The van der Waals surface area contributed by atoms with Gasteiger partial charge in [0.25, 0.3) is 0 Å². The number of carbonyl (C=O) groups is 1. The third kappa shape index (κ3) is 6.17. The van der Waals surface area contributed by atoms with Gasteiger partial charge < -0.3 is 15.0 Å². The molecular formula is C22H33N3O. The van der Waals surface area contributed by atoms with Gasteiger partial charge in [0, 0.05) is 49.1 Å². The molecule has 0 bridgehead atoms. The fourth-order valence-electron chi connectivity index (χ4n) is 2.75. The molecule has 0 radical (unpaired) electrons. The van der Waals surface area contributed by atoms with Crippen LogP contribution in [0.1, 0.15) is 50.8 Å². The zero-order valence-corrected chi connectivity index (χ0v) is 16.8. The lowest BCUT2D eigenvalue weighted by Crippen LogP contribution is -2.20. The predicted octanol–water partition coefficient (Wildman–Crippen LogP) is 4.67. The number of nitrogens with zero attached hydrogens (tertiary/aromatic N) is 2. The summed E-state index contributed by atoms with van der Waals surface area (Å²) in [5.41, 5.74) is 4.89. The van der Waals surface area contributed by atoms with Crippen LogP contribution in [-0.4, -0.2) is 31.4 Å². The predicted molar refractivity (Wildman–Crippen MR) is 112 cm³/mol. The monoisotopic (exact) mass is 355 g/mol. The van der Waals surface area contributed by atoms with Gasteiger partial charge >= 0.3 is 0 Å². The number of nitrogens with one attached hydrogen (secondary N) is 1. The van der Waals surface area contributed by atoms with Crippen LogP contribution in [0.4, 0.5) is 5.82 Å². The highest BCUT2D eigenvalue weighted by Gasteiger charge is 2.13. The lowest BCUT2D eigenvalue weighted by atomic mass is 9.95. The minimum absolute atomic E-state index is 0.580. The Balaban J connectivity index is 2.99. The van der Waals surface area contributed by atoms with E-state index in [1.807, 2.05) is 20.0 Å². The van der Waals surface area contributed by atoms with Gasteiger partial charge in [-0.1, -0.05) is 33.1 Å². The molecule has 1 heterocycles. The largest absolute Gasteiger partial charge is 0.385 e. The second-order valence-corrected chi connectivity index (χ2v) is 6.44. The van der Waals surface area contributed by atoms with Gasteiger partial charge in [-0.15, -0.1) is 0 Å². The molecule has 4 heteroatoms. The number of aldehydes is 1. The van der Waals surface area contributed by atoms with E-state index < -0.39 is 0 Å². The molecule has 1 aromatic rings. The highest BCUT2D eigenvalue weighted by molar-refractivity contribution is 5.82. The lowest BCUT2D eigenvalue weighted by Gasteiger charge is -2.21. The number of hydrogen-bond acceptors (Lipinski definition) is 4. The highest BCUT2D eigenvalue weighted by Crippen LogP contribution is 2.28. The van der Waals surface area contributed by atoms with Crippen LogP contribution in [0.2, 0.25) is 0 Å². The van der Waals surface area contributed by atoms with E-state index >= 15 is 0 Å². The fraction of sp³-hybridized carbons (Fsp3) is 0.455. The summed E-state index contributed by atoms with van der Waals surface area (Å²) >= 11 is 0. The molecule has 26 heavy (non-hydrogen) atoms. The van der Waals surface area contributed by atoms with Crippen molar-refractivity contribution in [2.75, 3.05) is 25.0 Å². The Morgan fingerprint density at radius 2 is 2.04 bits per heavy atom. The molecule has 0 atom stereocenters. The molecule has 0 saturated heterocycles. The van der Waals surface area contributed by atoms with E-state index in [-0.39, 0.29) is 0 Å². The highest BCUT2D eigenvalue weighted by atomic mass is 16.1. The van der Waals surface area contributed by atoms with Crippen LogP contribution in [0.25, 0.3) is 5.57 Å². The summed E-state index contributed by atoms with van der Waals surface area (Å²) in [6, 6.07) is 4.09. The molecule has 1 aromatic heterocycles. The standard InChI is InChI=1S/C22H33N3O/c1-7-11-20(18(4)23-14-8-2)17(3)21-12-13-22(24-19(21)5)25(6)15-9-10-16-26/h11-13,16,23H,3-4,7-10,14-15H2,1-2,5-6H3/b20-11+. The molecule has 0 fully saturated rings. The van der Waals surface area contributed by atoms with Crippen molar-refractivity contribution in [3.05, 3.63) is 53.9 Å². The summed E-state index contributed by atoms with van der Waals surface area (Å²) in [4.78, 5) is 17.3. The van der Waals surface area contributed by atoms with Crippen LogP contribution >= 0.6 is 0 Å². The molecule has 0 spiro atoms. The summed E-state index contributed by atoms with van der Waals surface area (Å²) in [7, 11) is 2.00. The molecule has 0 aliphatic heterocycles. The van der Waals surface area contributed by atoms with Gasteiger partial charge in [-0.25, -0.2) is 4.98 Å². The average Bonchev–Trinajstić information content (AvgIpc) is 2.63. The minimum atomic E-state index is 0.580. The Bertz CT molecular complexity index is 661. The first-order valence-corrected chi connectivity index (χ1v) is 9.41. The van der Waals surface area contributed by atoms with Gasteiger partial charge in [0.2, 0.25) is 0 Å². The van der Waals surface area contributed by atoms with Crippen molar-refractivity contribution in [3.8, 4) is 0 Å². The number of aromatic nitrogens is 1. The SMILES string of the molecule is C=C(NCCC)/C(=C/CC)C(=C)c1ccc(N(C)CCCC=O)nc1C. The fourth-order valence-corrected chi connectivity index (χ4v) is 2.75. The molecule has 4 nitrogen and oxygen atoms in total. The molecule has 0 saturated carbocycles. The van der Waals surface area contributed by atoms with Crippen molar-refractivity contribution in [2.45, 2.75) is 46.5 Å². The Labute approximate surface area is 158 Å². The maximum absolute atomic E-state index is 10.5. The number of carbonyl (C=O) groups excluding carboxylic acids is 1. The van der Waals surface area contributed by atoms with Crippen molar-refractivity contribution in [1.82, 2.24) is 10.3 Å². The Kier molecular flexibility index (Phi) is 9.42. The molecule has 0 amide bonds. The number of anilines is 1. The molecule has 142 valence electrons. The lowest BCUT2D eigenvalue weighted by molar-refractivity contribution is -0.107. The Morgan fingerprint density at radius 1 is 1.31 bits per heavy atom. The second-order valence-electron chi connectivity index (χ2n) is 6.44. The quantitative estimate of drug-likeness (QED) is 0.336. The van der Waals surface area contributed by atoms with Crippen LogP contribution in [0.15, 0.2) is 42.6 Å². The number of unbranched alkanes of at least 4 members (excludes halogenated alkanes) is 1. The van der Waals surface area contributed by atoms with Gasteiger partial charge in [-0.05, 0) is 43.9 Å². The first-order chi connectivity index (χ1) is 12.5. The van der Waals surface area contributed by atoms with Crippen molar-refractivity contribution in [2.24, 2.45) is 0 Å². The molecule has 1 N–H and O–H groups in total. The summed E-state index contributed by atoms with van der Waals surface area (Å²) in [5, 5.41) is 3.36. The van der Waals surface area contributed by atoms with Crippen LogP contribution < -0.4 is 10.2 Å². The van der Waals surface area contributed by atoms with Crippen LogP contribution in [0.3, 0.4) is 0 Å². The Morgan fingerprint density at radius 3 is 2.62 bits per heavy atom. The molecular weight excluding hydrogens is 322 g/mol. The van der Waals surface area contributed by atoms with Crippen LogP contribution in [0, 0.1) is 6.92 Å². The van der Waals surface area contributed by atoms with Crippen molar-refractivity contribution in [1.29, 1.82) is 0 Å². The second kappa shape index (κ2) is 11.3. The van der Waals surface area contributed by atoms with Gasteiger partial charge in [-0.3, -0.25) is 0 Å². The smallest absolute Gasteiger partial charge is 0.128 e. The number of pyridine rings is 1. The minimum Gasteiger partial charge on any atom is -0.385 e. The summed E-state index contributed by atoms with van der Waals surface area (Å²) in [6.45, 7) is 16.5. The van der Waals surface area contributed by atoms with Gasteiger partial charge in [-0.2, -0.15) is 0 Å². The molecule has 0 unspecified atom stereocenters. The van der Waals surface area contributed by atoms with Gasteiger partial charge in [0.15, 0.2) is 0 Å². The van der Waals surface area contributed by atoms with Crippen LogP contribution in [0.5, 0.6) is 0 Å².